The molecule has 2 aromatic rings. The van der Waals surface area contributed by atoms with Crippen LogP contribution >= 0.6 is 0 Å². The number of imide groups is 1. The predicted molar refractivity (Wildman–Crippen MR) is 93.5 cm³/mol. The lowest BCUT2D eigenvalue weighted by molar-refractivity contribution is -0.141. The van der Waals surface area contributed by atoms with Gasteiger partial charge in [-0.05, 0) is 29.7 Å². The van der Waals surface area contributed by atoms with Crippen LogP contribution in [-0.2, 0) is 20.7 Å². The molecule has 140 valence electrons. The Bertz CT molecular complexity index is 837. The van der Waals surface area contributed by atoms with E-state index in [4.69, 9.17) is 4.74 Å². The van der Waals surface area contributed by atoms with Crippen LogP contribution in [0.25, 0.3) is 0 Å². The predicted octanol–water partition coefficient (Wildman–Crippen LogP) is 2.97. The molecule has 1 aliphatic rings. The molecule has 3 rings (SSSR count). The first-order valence-electron chi connectivity index (χ1n) is 8.46. The van der Waals surface area contributed by atoms with Crippen LogP contribution in [0.2, 0.25) is 0 Å². The van der Waals surface area contributed by atoms with Gasteiger partial charge in [0.05, 0.1) is 18.4 Å². The van der Waals surface area contributed by atoms with Crippen molar-refractivity contribution >= 4 is 18.0 Å². The molecule has 0 saturated carbocycles. The van der Waals surface area contributed by atoms with Crippen LogP contribution in [0.15, 0.2) is 54.6 Å². The van der Waals surface area contributed by atoms with Gasteiger partial charge in [0, 0.05) is 0 Å². The van der Waals surface area contributed by atoms with Gasteiger partial charge < -0.3 is 9.84 Å². The summed E-state index contributed by atoms with van der Waals surface area (Å²) in [5, 5.41) is 9.20. The van der Waals surface area contributed by atoms with Gasteiger partial charge in [-0.2, -0.15) is 0 Å². The maximum atomic E-state index is 13.2. The van der Waals surface area contributed by atoms with Crippen molar-refractivity contribution in [2.75, 3.05) is 6.61 Å². The van der Waals surface area contributed by atoms with Gasteiger partial charge in [-0.25, -0.2) is 14.1 Å². The van der Waals surface area contributed by atoms with E-state index in [0.717, 1.165) is 22.6 Å². The first-order chi connectivity index (χ1) is 13.0. The molecule has 0 bridgehead atoms. The Morgan fingerprint density at radius 2 is 1.81 bits per heavy atom. The van der Waals surface area contributed by atoms with E-state index in [1.807, 2.05) is 30.3 Å². The molecule has 27 heavy (non-hydrogen) atoms. The highest BCUT2D eigenvalue weighted by molar-refractivity contribution is 5.98. The normalized spacial score (nSPS) is 17.4. The van der Waals surface area contributed by atoms with Crippen LogP contribution in [0, 0.1) is 5.82 Å². The van der Waals surface area contributed by atoms with Gasteiger partial charge in [0.15, 0.2) is 0 Å². The Hall–Kier alpha value is -3.22. The van der Waals surface area contributed by atoms with Crippen molar-refractivity contribution in [3.63, 3.8) is 0 Å². The summed E-state index contributed by atoms with van der Waals surface area (Å²) in [7, 11) is 0. The van der Waals surface area contributed by atoms with Crippen molar-refractivity contribution < 1.29 is 28.6 Å². The quantitative estimate of drug-likeness (QED) is 0.844. The number of cyclic esters (lactones) is 1. The number of carbonyl (C=O) groups excluding carboxylic acids is 2. The third-order valence-electron chi connectivity index (χ3n) is 4.46. The van der Waals surface area contributed by atoms with E-state index in [1.54, 1.807) is 0 Å². The Labute approximate surface area is 155 Å². The van der Waals surface area contributed by atoms with Crippen molar-refractivity contribution in [1.29, 1.82) is 0 Å². The van der Waals surface area contributed by atoms with Crippen LogP contribution in [0.4, 0.5) is 9.18 Å². The third-order valence-corrected chi connectivity index (χ3v) is 4.46. The Balaban J connectivity index is 1.87. The van der Waals surface area contributed by atoms with Gasteiger partial charge in [-0.1, -0.05) is 42.5 Å². The Morgan fingerprint density at radius 3 is 2.44 bits per heavy atom. The number of rotatable bonds is 6. The number of benzene rings is 2. The second kappa shape index (κ2) is 7.99. The van der Waals surface area contributed by atoms with Gasteiger partial charge in [0.1, 0.15) is 12.4 Å². The summed E-state index contributed by atoms with van der Waals surface area (Å²) in [5.41, 5.74) is 1.26. The molecule has 1 fully saturated rings. The zero-order valence-electron chi connectivity index (χ0n) is 14.4. The molecule has 1 heterocycles. The summed E-state index contributed by atoms with van der Waals surface area (Å²) < 4.78 is 18.2. The molecule has 0 spiro atoms. The summed E-state index contributed by atoms with van der Waals surface area (Å²) in [6, 6.07) is 13.8. The lowest BCUT2D eigenvalue weighted by Crippen LogP contribution is -2.43. The highest BCUT2D eigenvalue weighted by atomic mass is 19.1. The van der Waals surface area contributed by atoms with Crippen LogP contribution < -0.4 is 0 Å². The minimum absolute atomic E-state index is 0.0443. The van der Waals surface area contributed by atoms with Crippen molar-refractivity contribution in [2.45, 2.75) is 24.8 Å². The number of aliphatic carboxylic acids is 1. The Kier molecular flexibility index (Phi) is 5.49. The van der Waals surface area contributed by atoms with E-state index in [-0.39, 0.29) is 6.61 Å². The first-order valence-corrected chi connectivity index (χ1v) is 8.46. The maximum Gasteiger partial charge on any atom is 0.417 e. The fourth-order valence-electron chi connectivity index (χ4n) is 3.15. The van der Waals surface area contributed by atoms with Crippen LogP contribution in [0.3, 0.4) is 0 Å². The minimum atomic E-state index is -1.19. The van der Waals surface area contributed by atoms with Gasteiger partial charge in [0.25, 0.3) is 0 Å². The molecule has 0 radical (unpaired) electrons. The van der Waals surface area contributed by atoms with Gasteiger partial charge in [0.2, 0.25) is 5.91 Å². The standard InChI is InChI=1S/C20H18FNO5/c21-15-8-6-14(7-9-15)17(11-18(23)24)19(25)22-16(12-27-20(22)26)10-13-4-2-1-3-5-13/h1-9,16-17H,10-12H2,(H,23,24). The largest absolute Gasteiger partial charge is 0.481 e. The zero-order valence-corrected chi connectivity index (χ0v) is 14.4. The number of ether oxygens (including phenoxy) is 1. The summed E-state index contributed by atoms with van der Waals surface area (Å²) in [6.07, 6.45) is -0.896. The summed E-state index contributed by atoms with van der Waals surface area (Å²) in [4.78, 5) is 37.5. The molecule has 0 aromatic heterocycles. The van der Waals surface area contributed by atoms with E-state index in [1.165, 1.54) is 12.1 Å². The van der Waals surface area contributed by atoms with Crippen molar-refractivity contribution in [2.24, 2.45) is 0 Å². The van der Waals surface area contributed by atoms with Gasteiger partial charge >= 0.3 is 12.1 Å². The molecular weight excluding hydrogens is 353 g/mol. The molecule has 2 unspecified atom stereocenters. The van der Waals surface area contributed by atoms with Gasteiger partial charge in [-0.3, -0.25) is 9.59 Å². The molecule has 1 N–H and O–H groups in total. The lowest BCUT2D eigenvalue weighted by Gasteiger charge is -2.24. The molecule has 2 aromatic carbocycles. The first kappa shape index (κ1) is 18.6. The zero-order chi connectivity index (χ0) is 19.4. The van der Waals surface area contributed by atoms with Crippen LogP contribution in [0.5, 0.6) is 0 Å². The lowest BCUT2D eigenvalue weighted by atomic mass is 9.93. The van der Waals surface area contributed by atoms with Crippen molar-refractivity contribution in [3.05, 3.63) is 71.5 Å². The maximum absolute atomic E-state index is 13.2. The summed E-state index contributed by atoms with van der Waals surface area (Å²) in [6.45, 7) is 0.0443. The van der Waals surface area contributed by atoms with E-state index in [9.17, 15) is 23.9 Å². The van der Waals surface area contributed by atoms with E-state index in [2.05, 4.69) is 0 Å². The number of hydrogen-bond acceptors (Lipinski definition) is 4. The molecule has 2 amide bonds. The highest BCUT2D eigenvalue weighted by Crippen LogP contribution is 2.27. The fraction of sp³-hybridized carbons (Fsp3) is 0.250. The Morgan fingerprint density at radius 1 is 1.15 bits per heavy atom. The molecule has 0 aliphatic carbocycles. The average Bonchev–Trinajstić information content (AvgIpc) is 3.01. The average molecular weight is 371 g/mol. The van der Waals surface area contributed by atoms with E-state index >= 15 is 0 Å². The highest BCUT2D eigenvalue weighted by Gasteiger charge is 2.41. The molecule has 1 aliphatic heterocycles. The number of carboxylic acids is 1. The second-order valence-corrected chi connectivity index (χ2v) is 6.33. The van der Waals surface area contributed by atoms with Gasteiger partial charge in [-0.15, -0.1) is 0 Å². The molecular formula is C20H18FNO5. The van der Waals surface area contributed by atoms with Crippen LogP contribution in [0.1, 0.15) is 23.5 Å². The topological polar surface area (TPSA) is 83.9 Å². The number of halogens is 1. The summed E-state index contributed by atoms with van der Waals surface area (Å²) in [5.74, 6) is -3.45. The molecule has 6 nitrogen and oxygen atoms in total. The van der Waals surface area contributed by atoms with E-state index < -0.39 is 42.2 Å². The number of carboxylic acid groups (broad SMARTS) is 1. The number of carbonyl (C=O) groups is 3. The molecule has 1 saturated heterocycles. The van der Waals surface area contributed by atoms with Crippen LogP contribution in [-0.4, -0.2) is 40.6 Å². The monoisotopic (exact) mass is 371 g/mol. The minimum Gasteiger partial charge on any atom is -0.481 e. The van der Waals surface area contributed by atoms with Crippen molar-refractivity contribution in [3.8, 4) is 0 Å². The SMILES string of the molecule is O=C(O)CC(C(=O)N1C(=O)OCC1Cc1ccccc1)c1ccc(F)cc1. The second-order valence-electron chi connectivity index (χ2n) is 6.33. The fourth-order valence-corrected chi connectivity index (χ4v) is 3.15. The molecule has 7 heteroatoms. The number of nitrogens with zero attached hydrogens (tertiary/aromatic N) is 1. The van der Waals surface area contributed by atoms with Crippen molar-refractivity contribution in [1.82, 2.24) is 4.90 Å². The van der Waals surface area contributed by atoms with E-state index in [0.29, 0.717) is 12.0 Å². The smallest absolute Gasteiger partial charge is 0.417 e. The third kappa shape index (κ3) is 4.31. The number of hydrogen-bond donors (Lipinski definition) is 1. The number of amides is 2. The summed E-state index contributed by atoms with van der Waals surface area (Å²) >= 11 is 0. The molecule has 2 atom stereocenters.